The van der Waals surface area contributed by atoms with E-state index < -0.39 is 10.8 Å². The maximum Gasteiger partial charge on any atom is 0.275 e. The molecule has 10 heteroatoms. The number of carbonyl (C=O) groups excluding carboxylic acids is 1. The van der Waals surface area contributed by atoms with Gasteiger partial charge in [0.25, 0.3) is 11.6 Å². The van der Waals surface area contributed by atoms with E-state index in [2.05, 4.69) is 10.5 Å². The summed E-state index contributed by atoms with van der Waals surface area (Å²) in [5, 5.41) is 15.7. The number of carbonyl (C=O) groups is 1. The van der Waals surface area contributed by atoms with Crippen LogP contribution in [-0.4, -0.2) is 24.2 Å². The third-order valence-electron chi connectivity index (χ3n) is 3.82. The molecule has 3 aromatic rings. The van der Waals surface area contributed by atoms with Crippen LogP contribution in [0, 0.1) is 10.1 Å². The molecule has 8 nitrogen and oxygen atoms in total. The number of amides is 1. The molecule has 0 aliphatic carbocycles. The Balaban J connectivity index is 1.74. The van der Waals surface area contributed by atoms with Crippen LogP contribution in [0.4, 0.5) is 5.69 Å². The zero-order chi connectivity index (χ0) is 21.0. The Morgan fingerprint density at radius 3 is 2.69 bits per heavy atom. The second-order valence-electron chi connectivity index (χ2n) is 5.67. The number of hydrogen-bond donors (Lipinski definition) is 1. The van der Waals surface area contributed by atoms with E-state index in [4.69, 9.17) is 32.4 Å². The topological polar surface area (TPSA) is 107 Å². The Morgan fingerprint density at radius 2 is 2.00 bits per heavy atom. The maximum absolute atomic E-state index is 12.3. The lowest BCUT2D eigenvalue weighted by molar-refractivity contribution is -0.384. The zero-order valence-corrected chi connectivity index (χ0v) is 16.4. The lowest BCUT2D eigenvalue weighted by Gasteiger charge is -2.06. The van der Waals surface area contributed by atoms with Crippen molar-refractivity contribution in [1.29, 1.82) is 0 Å². The predicted octanol–water partition coefficient (Wildman–Crippen LogP) is 4.93. The number of halogens is 2. The minimum absolute atomic E-state index is 0.0214. The second-order valence-corrected chi connectivity index (χ2v) is 6.51. The van der Waals surface area contributed by atoms with E-state index in [1.54, 1.807) is 30.3 Å². The molecule has 1 heterocycles. The van der Waals surface area contributed by atoms with E-state index in [1.165, 1.54) is 25.5 Å². The lowest BCUT2D eigenvalue weighted by atomic mass is 10.1. The summed E-state index contributed by atoms with van der Waals surface area (Å²) in [5.41, 5.74) is 2.67. The first-order chi connectivity index (χ1) is 13.9. The Morgan fingerprint density at radius 1 is 1.21 bits per heavy atom. The van der Waals surface area contributed by atoms with Crippen molar-refractivity contribution in [2.75, 3.05) is 7.11 Å². The fourth-order valence-electron chi connectivity index (χ4n) is 2.46. The molecule has 29 heavy (non-hydrogen) atoms. The van der Waals surface area contributed by atoms with Gasteiger partial charge < -0.3 is 9.15 Å². The van der Waals surface area contributed by atoms with Crippen molar-refractivity contribution in [2.45, 2.75) is 0 Å². The van der Waals surface area contributed by atoms with E-state index in [1.807, 2.05) is 0 Å². The van der Waals surface area contributed by atoms with Crippen molar-refractivity contribution in [3.05, 3.63) is 80.0 Å². The van der Waals surface area contributed by atoms with Crippen molar-refractivity contribution in [3.8, 4) is 17.1 Å². The number of non-ortho nitro benzene ring substituents is 1. The van der Waals surface area contributed by atoms with Crippen LogP contribution in [0.25, 0.3) is 11.3 Å². The minimum atomic E-state index is -0.672. The molecule has 3 rings (SSSR count). The molecule has 0 bridgehead atoms. The van der Waals surface area contributed by atoms with Gasteiger partial charge in [0.15, 0.2) is 0 Å². The molecule has 0 atom stereocenters. The summed E-state index contributed by atoms with van der Waals surface area (Å²) in [6, 6.07) is 12.0. The Labute approximate surface area is 174 Å². The highest BCUT2D eigenvalue weighted by atomic mass is 35.5. The number of nitrogens with zero attached hydrogens (tertiary/aromatic N) is 2. The van der Waals surface area contributed by atoms with Crippen LogP contribution in [0.3, 0.4) is 0 Å². The first-order valence-electron chi connectivity index (χ1n) is 8.10. The van der Waals surface area contributed by atoms with E-state index in [0.29, 0.717) is 27.1 Å². The maximum atomic E-state index is 12.3. The quantitative estimate of drug-likeness (QED) is 0.336. The van der Waals surface area contributed by atoms with Crippen molar-refractivity contribution >= 4 is 41.0 Å². The summed E-state index contributed by atoms with van der Waals surface area (Å²) in [6.07, 6.45) is 1.29. The fraction of sp³-hybridized carbons (Fsp3) is 0.0526. The van der Waals surface area contributed by atoms with Crippen LogP contribution in [0.1, 0.15) is 16.1 Å². The van der Waals surface area contributed by atoms with Crippen LogP contribution in [0.15, 0.2) is 58.0 Å². The van der Waals surface area contributed by atoms with Crippen molar-refractivity contribution in [2.24, 2.45) is 5.10 Å². The van der Waals surface area contributed by atoms with Crippen molar-refractivity contribution in [1.82, 2.24) is 5.43 Å². The van der Waals surface area contributed by atoms with Gasteiger partial charge >= 0.3 is 0 Å². The molecular weight excluding hydrogens is 421 g/mol. The van der Waals surface area contributed by atoms with Crippen LogP contribution < -0.4 is 10.2 Å². The number of benzene rings is 2. The van der Waals surface area contributed by atoms with Crippen LogP contribution >= 0.6 is 23.2 Å². The number of furan rings is 1. The number of methoxy groups -OCH3 is 1. The average Bonchev–Trinajstić information content (AvgIpc) is 3.15. The molecule has 1 N–H and O–H groups in total. The lowest BCUT2D eigenvalue weighted by Crippen LogP contribution is -2.18. The summed E-state index contributed by atoms with van der Waals surface area (Å²) in [7, 11) is 1.35. The highest BCUT2D eigenvalue weighted by Gasteiger charge is 2.17. The molecule has 1 aromatic heterocycles. The zero-order valence-electron chi connectivity index (χ0n) is 14.9. The minimum Gasteiger partial charge on any atom is -0.496 e. The van der Waals surface area contributed by atoms with E-state index in [9.17, 15) is 14.9 Å². The van der Waals surface area contributed by atoms with Gasteiger partial charge in [-0.3, -0.25) is 14.9 Å². The first kappa shape index (κ1) is 20.4. The van der Waals surface area contributed by atoms with Gasteiger partial charge in [-0.25, -0.2) is 5.43 Å². The molecule has 0 radical (unpaired) electrons. The van der Waals surface area contributed by atoms with Gasteiger partial charge in [0, 0.05) is 22.7 Å². The van der Waals surface area contributed by atoms with Gasteiger partial charge in [0.1, 0.15) is 17.3 Å². The monoisotopic (exact) mass is 433 g/mol. The molecule has 0 unspecified atom stereocenters. The number of hydrogen-bond acceptors (Lipinski definition) is 6. The Hall–Kier alpha value is -3.36. The van der Waals surface area contributed by atoms with Gasteiger partial charge in [-0.15, -0.1) is 0 Å². The first-order valence-corrected chi connectivity index (χ1v) is 8.85. The highest BCUT2D eigenvalue weighted by Crippen LogP contribution is 2.31. The van der Waals surface area contributed by atoms with E-state index in [-0.39, 0.29) is 17.0 Å². The molecule has 0 saturated heterocycles. The summed E-state index contributed by atoms with van der Waals surface area (Å²) in [5.74, 6) is 0.368. The summed E-state index contributed by atoms with van der Waals surface area (Å²) < 4.78 is 10.7. The van der Waals surface area contributed by atoms with Gasteiger partial charge in [-0.2, -0.15) is 5.10 Å². The summed E-state index contributed by atoms with van der Waals surface area (Å²) in [6.45, 7) is 0. The predicted molar refractivity (Wildman–Crippen MR) is 109 cm³/mol. The molecule has 1 amide bonds. The number of nitro benzene ring substituents is 1. The molecule has 148 valence electrons. The summed E-state index contributed by atoms with van der Waals surface area (Å²) >= 11 is 12.0. The normalized spacial score (nSPS) is 10.9. The molecular formula is C19H13Cl2N3O5. The number of nitro groups is 1. The smallest absolute Gasteiger partial charge is 0.275 e. The van der Waals surface area contributed by atoms with Crippen LogP contribution in [-0.2, 0) is 0 Å². The molecule has 0 aliphatic heterocycles. The second kappa shape index (κ2) is 8.76. The van der Waals surface area contributed by atoms with E-state index in [0.717, 1.165) is 6.07 Å². The van der Waals surface area contributed by atoms with Crippen LogP contribution in [0.2, 0.25) is 10.0 Å². The number of ether oxygens (including phenoxy) is 1. The fourth-order valence-corrected chi connectivity index (χ4v) is 2.96. The van der Waals surface area contributed by atoms with Gasteiger partial charge in [-0.05, 0) is 36.4 Å². The standard InChI is InChI=1S/C19H13Cl2N3O5/c1-28-17-6-3-12(24(26)27)9-15(17)19(25)23-22-10-13-4-7-18(29-13)14-5-2-11(20)8-16(14)21/h2-10H,1H3,(H,23,25)/b22-10-. The van der Waals surface area contributed by atoms with Gasteiger partial charge in [0.05, 0.1) is 28.8 Å². The Bertz CT molecular complexity index is 1110. The number of nitrogens with one attached hydrogen (secondary N) is 1. The largest absolute Gasteiger partial charge is 0.496 e. The Kier molecular flexibility index (Phi) is 6.16. The average molecular weight is 434 g/mol. The van der Waals surface area contributed by atoms with Crippen LogP contribution in [0.5, 0.6) is 5.75 Å². The highest BCUT2D eigenvalue weighted by molar-refractivity contribution is 6.36. The SMILES string of the molecule is COc1ccc([N+](=O)[O-])cc1C(=O)N/N=C\c1ccc(-c2ccc(Cl)cc2Cl)o1. The van der Waals surface area contributed by atoms with Crippen molar-refractivity contribution < 1.29 is 18.9 Å². The van der Waals surface area contributed by atoms with E-state index >= 15 is 0 Å². The number of hydrazone groups is 1. The van der Waals surface area contributed by atoms with Gasteiger partial charge in [-0.1, -0.05) is 23.2 Å². The molecule has 2 aromatic carbocycles. The summed E-state index contributed by atoms with van der Waals surface area (Å²) in [4.78, 5) is 22.6. The molecule has 0 fully saturated rings. The third-order valence-corrected chi connectivity index (χ3v) is 4.37. The third kappa shape index (κ3) is 4.74. The molecule has 0 saturated carbocycles. The molecule has 0 spiro atoms. The molecule has 0 aliphatic rings. The van der Waals surface area contributed by atoms with Gasteiger partial charge in [0.2, 0.25) is 0 Å². The number of rotatable bonds is 6. The van der Waals surface area contributed by atoms with Crippen molar-refractivity contribution in [3.63, 3.8) is 0 Å².